The van der Waals surface area contributed by atoms with Crippen LogP contribution in [-0.2, 0) is 11.3 Å². The Morgan fingerprint density at radius 3 is 2.69 bits per heavy atom. The van der Waals surface area contributed by atoms with E-state index in [9.17, 15) is 9.90 Å². The molecule has 0 unspecified atom stereocenters. The minimum Gasteiger partial charge on any atom is -0.395 e. The van der Waals surface area contributed by atoms with E-state index in [-0.39, 0.29) is 24.3 Å². The number of hydrogen-bond acceptors (Lipinski definition) is 7. The first-order valence-corrected chi connectivity index (χ1v) is 15.3. The van der Waals surface area contributed by atoms with Gasteiger partial charge in [-0.2, -0.15) is 0 Å². The van der Waals surface area contributed by atoms with Gasteiger partial charge < -0.3 is 25.0 Å². The minimum atomic E-state index is -0.0627. The Bertz CT molecular complexity index is 1600. The van der Waals surface area contributed by atoms with Gasteiger partial charge >= 0.3 is 0 Å². The van der Waals surface area contributed by atoms with E-state index in [1.54, 1.807) is 6.20 Å². The Morgan fingerprint density at radius 2 is 1.90 bits per heavy atom. The Hall–Kier alpha value is -3.66. The van der Waals surface area contributed by atoms with Gasteiger partial charge in [0.15, 0.2) is 5.65 Å². The highest BCUT2D eigenvalue weighted by molar-refractivity contribution is 6.30. The standard InChI is InChI=1S/C32H36ClN7O2/c33-24-3-1-2-22(14-24)27-17-28(27)32(42)37-30-16-25(6-7-34-30)35-18-26-20-40-19-23(21-4-5-21)15-29(31(40)36-26)39-10-8-38(9-11-39)12-13-41/h1-3,6-7,14-16,19-21,27-28,41H,4-5,8-13,17-18H2,(H2,34,35,37,42)/t27-,28+/m1/s1. The summed E-state index contributed by atoms with van der Waals surface area (Å²) in [5, 5.41) is 16.5. The van der Waals surface area contributed by atoms with Gasteiger partial charge in [0.2, 0.25) is 5.91 Å². The maximum absolute atomic E-state index is 12.9. The molecule has 4 aromatic rings. The Labute approximate surface area is 250 Å². The molecule has 1 aliphatic heterocycles. The summed E-state index contributed by atoms with van der Waals surface area (Å²) in [6.45, 7) is 5.23. The number of halogens is 1. The Kier molecular flexibility index (Phi) is 7.48. The molecule has 10 heteroatoms. The first-order valence-electron chi connectivity index (χ1n) is 14.9. The monoisotopic (exact) mass is 585 g/mol. The number of piperazine rings is 1. The van der Waals surface area contributed by atoms with Crippen LogP contribution in [0.2, 0.25) is 5.02 Å². The van der Waals surface area contributed by atoms with Crippen molar-refractivity contribution in [1.29, 1.82) is 0 Å². The summed E-state index contributed by atoms with van der Waals surface area (Å²) in [7, 11) is 0. The highest BCUT2D eigenvalue weighted by Gasteiger charge is 2.44. The van der Waals surface area contributed by atoms with Gasteiger partial charge in [-0.25, -0.2) is 9.97 Å². The van der Waals surface area contributed by atoms with Gasteiger partial charge in [-0.1, -0.05) is 23.7 Å². The smallest absolute Gasteiger partial charge is 0.229 e. The molecule has 3 aliphatic rings. The van der Waals surface area contributed by atoms with Crippen molar-refractivity contribution in [2.24, 2.45) is 5.92 Å². The number of anilines is 3. The summed E-state index contributed by atoms with van der Waals surface area (Å²) in [6.07, 6.45) is 9.39. The van der Waals surface area contributed by atoms with Gasteiger partial charge in [-0.05, 0) is 66.5 Å². The lowest BCUT2D eigenvalue weighted by Gasteiger charge is -2.36. The predicted octanol–water partition coefficient (Wildman–Crippen LogP) is 4.73. The number of carbonyl (C=O) groups excluding carboxylic acids is 1. The van der Waals surface area contributed by atoms with Crippen LogP contribution in [0.5, 0.6) is 0 Å². The largest absolute Gasteiger partial charge is 0.395 e. The molecule has 7 rings (SSSR count). The summed E-state index contributed by atoms with van der Waals surface area (Å²) in [5.74, 6) is 1.31. The quantitative estimate of drug-likeness (QED) is 0.247. The lowest BCUT2D eigenvalue weighted by atomic mass is 10.1. The highest BCUT2D eigenvalue weighted by Crippen LogP contribution is 2.48. The molecule has 2 saturated carbocycles. The molecule has 218 valence electrons. The highest BCUT2D eigenvalue weighted by atomic mass is 35.5. The van der Waals surface area contributed by atoms with Crippen LogP contribution in [0.25, 0.3) is 5.65 Å². The first-order chi connectivity index (χ1) is 20.5. The second-order valence-corrected chi connectivity index (χ2v) is 12.2. The zero-order valence-corrected chi connectivity index (χ0v) is 24.3. The number of rotatable bonds is 10. The number of benzene rings is 1. The van der Waals surface area contributed by atoms with E-state index in [0.717, 1.165) is 61.7 Å². The SMILES string of the molecule is O=C(Nc1cc(NCc2cn3cc(C4CC4)cc(N4CCN(CCO)CC4)c3n2)ccn1)[C@H]1C[C@@H]1c1cccc(Cl)c1. The molecular formula is C32H36ClN7O2. The van der Waals surface area contributed by atoms with E-state index in [2.05, 4.69) is 48.3 Å². The molecule has 4 heterocycles. The van der Waals surface area contributed by atoms with Gasteiger partial charge in [0.1, 0.15) is 5.82 Å². The lowest BCUT2D eigenvalue weighted by molar-refractivity contribution is -0.117. The van der Waals surface area contributed by atoms with E-state index >= 15 is 0 Å². The summed E-state index contributed by atoms with van der Waals surface area (Å²) in [5.41, 5.74) is 6.49. The molecule has 3 aromatic heterocycles. The van der Waals surface area contributed by atoms with E-state index in [1.165, 1.54) is 24.1 Å². The maximum Gasteiger partial charge on any atom is 0.229 e. The van der Waals surface area contributed by atoms with Crippen LogP contribution in [0.15, 0.2) is 61.1 Å². The summed E-state index contributed by atoms with van der Waals surface area (Å²) in [6, 6.07) is 13.9. The molecule has 42 heavy (non-hydrogen) atoms. The van der Waals surface area contributed by atoms with Crippen LogP contribution < -0.4 is 15.5 Å². The zero-order valence-electron chi connectivity index (χ0n) is 23.5. The fourth-order valence-corrected chi connectivity index (χ4v) is 6.27. The van der Waals surface area contributed by atoms with E-state index in [4.69, 9.17) is 16.6 Å². The second-order valence-electron chi connectivity index (χ2n) is 11.7. The van der Waals surface area contributed by atoms with E-state index in [1.807, 2.05) is 36.4 Å². The number of carbonyl (C=O) groups is 1. The van der Waals surface area contributed by atoms with Crippen LogP contribution in [0.3, 0.4) is 0 Å². The van der Waals surface area contributed by atoms with Crippen molar-refractivity contribution in [2.75, 3.05) is 54.9 Å². The number of fused-ring (bicyclic) bond motifs is 1. The summed E-state index contributed by atoms with van der Waals surface area (Å²) in [4.78, 5) is 27.0. The third kappa shape index (κ3) is 5.95. The van der Waals surface area contributed by atoms with Gasteiger partial charge in [0, 0.05) is 74.0 Å². The number of amides is 1. The number of nitrogens with zero attached hydrogens (tertiary/aromatic N) is 5. The number of imidazole rings is 1. The van der Waals surface area contributed by atoms with Crippen molar-refractivity contribution >= 4 is 40.3 Å². The number of aliphatic hydroxyl groups is 1. The van der Waals surface area contributed by atoms with Crippen molar-refractivity contribution in [3.05, 3.63) is 82.9 Å². The molecule has 2 atom stereocenters. The van der Waals surface area contributed by atoms with Crippen molar-refractivity contribution in [3.63, 3.8) is 0 Å². The number of aliphatic hydroxyl groups excluding tert-OH is 1. The van der Waals surface area contributed by atoms with Crippen molar-refractivity contribution in [2.45, 2.75) is 37.6 Å². The van der Waals surface area contributed by atoms with Crippen LogP contribution in [0.4, 0.5) is 17.2 Å². The number of aromatic nitrogens is 3. The molecule has 1 aromatic carbocycles. The minimum absolute atomic E-state index is 0.0128. The molecule has 9 nitrogen and oxygen atoms in total. The number of pyridine rings is 2. The average molecular weight is 586 g/mol. The zero-order chi connectivity index (χ0) is 28.6. The van der Waals surface area contributed by atoms with Crippen LogP contribution in [0, 0.1) is 5.92 Å². The van der Waals surface area contributed by atoms with E-state index < -0.39 is 0 Å². The van der Waals surface area contributed by atoms with Gasteiger partial charge in [0.05, 0.1) is 24.5 Å². The molecule has 1 amide bonds. The number of nitrogens with one attached hydrogen (secondary N) is 2. The van der Waals surface area contributed by atoms with Gasteiger partial charge in [-0.15, -0.1) is 0 Å². The Morgan fingerprint density at radius 1 is 1.05 bits per heavy atom. The molecule has 3 N–H and O–H groups in total. The fourth-order valence-electron chi connectivity index (χ4n) is 6.07. The number of hydrogen-bond donors (Lipinski definition) is 3. The molecule has 0 bridgehead atoms. The molecule has 2 aliphatic carbocycles. The molecular weight excluding hydrogens is 550 g/mol. The average Bonchev–Trinajstić information content (AvgIpc) is 3.93. The van der Waals surface area contributed by atoms with E-state index in [0.29, 0.717) is 23.3 Å². The lowest BCUT2D eigenvalue weighted by Crippen LogP contribution is -2.47. The van der Waals surface area contributed by atoms with Crippen molar-refractivity contribution in [3.8, 4) is 0 Å². The third-order valence-electron chi connectivity index (χ3n) is 8.67. The first kappa shape index (κ1) is 27.2. The van der Waals surface area contributed by atoms with Crippen molar-refractivity contribution in [1.82, 2.24) is 19.3 Å². The van der Waals surface area contributed by atoms with Crippen LogP contribution in [0.1, 0.15) is 47.9 Å². The molecule has 0 radical (unpaired) electrons. The van der Waals surface area contributed by atoms with Gasteiger partial charge in [-0.3, -0.25) is 9.69 Å². The predicted molar refractivity (Wildman–Crippen MR) is 165 cm³/mol. The molecule has 0 spiro atoms. The summed E-state index contributed by atoms with van der Waals surface area (Å²) < 4.78 is 2.18. The molecule has 1 saturated heterocycles. The summed E-state index contributed by atoms with van der Waals surface area (Å²) >= 11 is 6.13. The fraction of sp³-hybridized carbons (Fsp3) is 0.406. The normalized spacial score (nSPS) is 20.6. The second kappa shape index (κ2) is 11.6. The number of β-amino-alcohol motifs (C(OH)–C–C–N with tert-alkyl or cyclic N) is 1. The van der Waals surface area contributed by atoms with Gasteiger partial charge in [0.25, 0.3) is 0 Å². The maximum atomic E-state index is 12.9. The molecule has 3 fully saturated rings. The van der Waals surface area contributed by atoms with Crippen LogP contribution in [-0.4, -0.2) is 69.6 Å². The van der Waals surface area contributed by atoms with Crippen LogP contribution >= 0.6 is 11.6 Å². The Balaban J connectivity index is 1.02. The third-order valence-corrected chi connectivity index (χ3v) is 8.90. The topological polar surface area (TPSA) is 98.0 Å². The van der Waals surface area contributed by atoms with Crippen molar-refractivity contribution < 1.29 is 9.90 Å².